The molecule has 0 bridgehead atoms. The third kappa shape index (κ3) is 1.79. The molecule has 0 saturated carbocycles. The van der Waals surface area contributed by atoms with Crippen molar-refractivity contribution >= 4 is 11.6 Å². The highest BCUT2D eigenvalue weighted by Gasteiger charge is 2.23. The second-order valence-corrected chi connectivity index (χ2v) is 4.57. The van der Waals surface area contributed by atoms with Crippen molar-refractivity contribution in [2.75, 3.05) is 13.1 Å². The van der Waals surface area contributed by atoms with Gasteiger partial charge in [0.05, 0.1) is 11.7 Å². The summed E-state index contributed by atoms with van der Waals surface area (Å²) >= 11 is 5.96. The van der Waals surface area contributed by atoms with Crippen LogP contribution in [0.2, 0.25) is 5.02 Å². The van der Waals surface area contributed by atoms with Gasteiger partial charge in [-0.05, 0) is 24.3 Å². The Bertz CT molecular complexity index is 548. The lowest BCUT2D eigenvalue weighted by Gasteiger charge is -2.29. The maximum atomic E-state index is 9.89. The minimum absolute atomic E-state index is 0.225. The van der Waals surface area contributed by atoms with E-state index in [0.29, 0.717) is 11.1 Å². The predicted octanol–water partition coefficient (Wildman–Crippen LogP) is 2.05. The number of nitrogens with one attached hydrogen (secondary N) is 1. The Morgan fingerprint density at radius 1 is 1.35 bits per heavy atom. The molecule has 88 valence electrons. The van der Waals surface area contributed by atoms with Gasteiger partial charge in [-0.15, -0.1) is 0 Å². The lowest BCUT2D eigenvalue weighted by molar-refractivity contribution is 0.321. The Kier molecular flexibility index (Phi) is 2.53. The summed E-state index contributed by atoms with van der Waals surface area (Å²) in [5, 5.41) is 18.0. The van der Waals surface area contributed by atoms with Crippen LogP contribution in [-0.2, 0) is 0 Å². The number of aromatic hydroxyl groups is 1. The van der Waals surface area contributed by atoms with Gasteiger partial charge in [-0.25, -0.2) is 0 Å². The van der Waals surface area contributed by atoms with Gasteiger partial charge in [-0.1, -0.05) is 11.6 Å². The molecule has 5 heteroatoms. The summed E-state index contributed by atoms with van der Waals surface area (Å²) in [5.74, 6) is 0.225. The molecule has 1 aliphatic rings. The van der Waals surface area contributed by atoms with Crippen LogP contribution in [0, 0.1) is 0 Å². The molecule has 0 amide bonds. The van der Waals surface area contributed by atoms with Gasteiger partial charge < -0.3 is 10.4 Å². The van der Waals surface area contributed by atoms with Crippen molar-refractivity contribution < 1.29 is 5.11 Å². The fourth-order valence-electron chi connectivity index (χ4n) is 1.98. The minimum Gasteiger partial charge on any atom is -0.507 e. The Labute approximate surface area is 104 Å². The number of nitrogens with zero attached hydrogens (tertiary/aromatic N) is 2. The lowest BCUT2D eigenvalue weighted by atomic mass is 10.1. The third-order valence-electron chi connectivity index (χ3n) is 3.01. The zero-order valence-corrected chi connectivity index (χ0v) is 9.85. The van der Waals surface area contributed by atoms with E-state index in [1.807, 2.05) is 10.7 Å². The number of rotatable bonds is 2. The summed E-state index contributed by atoms with van der Waals surface area (Å²) in [7, 11) is 0. The number of phenolic OH excluding ortho intramolecular Hbond substituents is 1. The third-order valence-corrected chi connectivity index (χ3v) is 3.25. The summed E-state index contributed by atoms with van der Waals surface area (Å²) < 4.78 is 1.93. The number of hydrogen-bond donors (Lipinski definition) is 2. The topological polar surface area (TPSA) is 50.1 Å². The van der Waals surface area contributed by atoms with E-state index in [0.717, 1.165) is 24.3 Å². The largest absolute Gasteiger partial charge is 0.507 e. The molecule has 2 aromatic rings. The Balaban J connectivity index is 2.08. The van der Waals surface area contributed by atoms with Crippen LogP contribution < -0.4 is 5.32 Å². The van der Waals surface area contributed by atoms with Gasteiger partial charge in [-0.2, -0.15) is 5.10 Å². The highest BCUT2D eigenvalue weighted by Crippen LogP contribution is 2.33. The maximum absolute atomic E-state index is 9.89. The molecule has 1 aromatic carbocycles. The average Bonchev–Trinajstić information content (AvgIpc) is 2.68. The summed E-state index contributed by atoms with van der Waals surface area (Å²) in [6.07, 6.45) is 1.74. The van der Waals surface area contributed by atoms with Crippen molar-refractivity contribution in [2.24, 2.45) is 0 Å². The van der Waals surface area contributed by atoms with Crippen LogP contribution in [0.4, 0.5) is 0 Å². The molecule has 4 nitrogen and oxygen atoms in total. The fourth-order valence-corrected chi connectivity index (χ4v) is 2.15. The van der Waals surface area contributed by atoms with Crippen LogP contribution in [0.5, 0.6) is 5.75 Å². The molecule has 2 N–H and O–H groups in total. The van der Waals surface area contributed by atoms with Crippen LogP contribution in [0.15, 0.2) is 30.5 Å². The maximum Gasteiger partial charge on any atom is 0.125 e. The van der Waals surface area contributed by atoms with Gasteiger partial charge in [-0.3, -0.25) is 4.68 Å². The summed E-state index contributed by atoms with van der Waals surface area (Å²) in [4.78, 5) is 0. The first-order valence-electron chi connectivity index (χ1n) is 5.49. The van der Waals surface area contributed by atoms with Crippen LogP contribution in [-0.4, -0.2) is 28.0 Å². The van der Waals surface area contributed by atoms with Gasteiger partial charge in [0.15, 0.2) is 0 Å². The second-order valence-electron chi connectivity index (χ2n) is 4.13. The van der Waals surface area contributed by atoms with Crippen molar-refractivity contribution in [3.63, 3.8) is 0 Å². The molecule has 1 aliphatic heterocycles. The van der Waals surface area contributed by atoms with Crippen LogP contribution in [0.1, 0.15) is 6.04 Å². The summed E-state index contributed by atoms with van der Waals surface area (Å²) in [5.41, 5.74) is 1.62. The monoisotopic (exact) mass is 249 g/mol. The van der Waals surface area contributed by atoms with Crippen molar-refractivity contribution in [3.05, 3.63) is 35.5 Å². The average molecular weight is 250 g/mol. The van der Waals surface area contributed by atoms with E-state index in [-0.39, 0.29) is 5.75 Å². The standard InChI is InChI=1S/C12H12ClN3O/c13-8-1-2-12(17)10(5-8)11-3-4-15-16(11)9-6-14-7-9/h1-5,9,14,17H,6-7H2. The number of hydrogen-bond acceptors (Lipinski definition) is 3. The van der Waals surface area contributed by atoms with E-state index < -0.39 is 0 Å². The van der Waals surface area contributed by atoms with Gasteiger partial charge in [0, 0.05) is 29.9 Å². The fraction of sp³-hybridized carbons (Fsp3) is 0.250. The van der Waals surface area contributed by atoms with Crippen molar-refractivity contribution in [1.82, 2.24) is 15.1 Å². The van der Waals surface area contributed by atoms with Crippen LogP contribution >= 0.6 is 11.6 Å². The molecule has 0 aliphatic carbocycles. The molecule has 3 rings (SSSR count). The van der Waals surface area contributed by atoms with Crippen LogP contribution in [0.25, 0.3) is 11.3 Å². The van der Waals surface area contributed by atoms with E-state index in [1.54, 1.807) is 24.4 Å². The lowest BCUT2D eigenvalue weighted by Crippen LogP contribution is -2.44. The van der Waals surface area contributed by atoms with E-state index in [4.69, 9.17) is 11.6 Å². The zero-order chi connectivity index (χ0) is 11.8. The Hall–Kier alpha value is -1.52. The van der Waals surface area contributed by atoms with Crippen LogP contribution in [0.3, 0.4) is 0 Å². The Morgan fingerprint density at radius 2 is 2.18 bits per heavy atom. The second kappa shape index (κ2) is 4.05. The SMILES string of the molecule is Oc1ccc(Cl)cc1-c1ccnn1C1CNC1. The molecule has 1 aromatic heterocycles. The molecule has 1 fully saturated rings. The Morgan fingerprint density at radius 3 is 2.88 bits per heavy atom. The number of aromatic nitrogens is 2. The molecule has 0 unspecified atom stereocenters. The number of halogens is 1. The smallest absolute Gasteiger partial charge is 0.125 e. The van der Waals surface area contributed by atoms with E-state index in [9.17, 15) is 5.11 Å². The van der Waals surface area contributed by atoms with Crippen molar-refractivity contribution in [1.29, 1.82) is 0 Å². The summed E-state index contributed by atoms with van der Waals surface area (Å²) in [6, 6.07) is 7.29. The summed E-state index contributed by atoms with van der Waals surface area (Å²) in [6.45, 7) is 1.83. The van der Waals surface area contributed by atoms with Gasteiger partial charge >= 0.3 is 0 Å². The highest BCUT2D eigenvalue weighted by molar-refractivity contribution is 6.30. The normalized spacial score (nSPS) is 15.8. The van der Waals surface area contributed by atoms with Crippen molar-refractivity contribution in [3.8, 4) is 17.0 Å². The number of benzene rings is 1. The molecule has 0 spiro atoms. The first-order chi connectivity index (χ1) is 8.25. The molecular formula is C12H12ClN3O. The molecule has 17 heavy (non-hydrogen) atoms. The molecular weight excluding hydrogens is 238 g/mol. The predicted molar refractivity (Wildman–Crippen MR) is 66.2 cm³/mol. The molecule has 0 atom stereocenters. The quantitative estimate of drug-likeness (QED) is 0.857. The van der Waals surface area contributed by atoms with E-state index >= 15 is 0 Å². The molecule has 2 heterocycles. The first-order valence-corrected chi connectivity index (χ1v) is 5.86. The van der Waals surface area contributed by atoms with E-state index in [1.165, 1.54) is 0 Å². The first kappa shape index (κ1) is 10.6. The van der Waals surface area contributed by atoms with E-state index in [2.05, 4.69) is 10.4 Å². The zero-order valence-electron chi connectivity index (χ0n) is 9.10. The van der Waals surface area contributed by atoms with Gasteiger partial charge in [0.2, 0.25) is 0 Å². The van der Waals surface area contributed by atoms with Crippen molar-refractivity contribution in [2.45, 2.75) is 6.04 Å². The molecule has 0 radical (unpaired) electrons. The minimum atomic E-state index is 0.225. The van der Waals surface area contributed by atoms with Gasteiger partial charge in [0.25, 0.3) is 0 Å². The van der Waals surface area contributed by atoms with Gasteiger partial charge in [0.1, 0.15) is 5.75 Å². The molecule has 1 saturated heterocycles. The number of phenols is 1. The highest BCUT2D eigenvalue weighted by atomic mass is 35.5.